The molecule has 0 radical (unpaired) electrons. The van der Waals surface area contributed by atoms with Crippen molar-refractivity contribution < 1.29 is 4.42 Å². The molecule has 0 aliphatic heterocycles. The van der Waals surface area contributed by atoms with E-state index in [0.29, 0.717) is 12.1 Å². The largest absolute Gasteiger partial charge is 0.469 e. The fraction of sp³-hybridized carbons (Fsp3) is 0.765. The minimum absolute atomic E-state index is 0.566. The zero-order valence-electron chi connectivity index (χ0n) is 13.0. The first-order valence-electron chi connectivity index (χ1n) is 8.00. The van der Waals surface area contributed by atoms with Gasteiger partial charge < -0.3 is 9.73 Å². The highest BCUT2D eigenvalue weighted by Gasteiger charge is 2.08. The molecule has 1 N–H and O–H groups in total. The second-order valence-corrected chi connectivity index (χ2v) is 5.79. The third-order valence-electron chi connectivity index (χ3n) is 3.71. The van der Waals surface area contributed by atoms with Crippen LogP contribution in [-0.2, 0) is 6.42 Å². The first-order chi connectivity index (χ1) is 9.22. The van der Waals surface area contributed by atoms with Crippen LogP contribution in [0.2, 0.25) is 0 Å². The quantitative estimate of drug-likeness (QED) is 0.573. The normalized spacial score (nSPS) is 14.5. The predicted molar refractivity (Wildman–Crippen MR) is 82.5 cm³/mol. The Labute approximate surface area is 119 Å². The van der Waals surface area contributed by atoms with E-state index in [4.69, 9.17) is 4.42 Å². The number of hydrogen-bond acceptors (Lipinski definition) is 2. The minimum Gasteiger partial charge on any atom is -0.469 e. The molecule has 0 aliphatic rings. The van der Waals surface area contributed by atoms with Crippen LogP contribution in [0.5, 0.6) is 0 Å². The van der Waals surface area contributed by atoms with Gasteiger partial charge >= 0.3 is 0 Å². The van der Waals surface area contributed by atoms with E-state index in [1.165, 1.54) is 38.5 Å². The Kier molecular flexibility index (Phi) is 8.64. The Balaban J connectivity index is 2.02. The van der Waals surface area contributed by atoms with Crippen LogP contribution in [0.25, 0.3) is 0 Å². The van der Waals surface area contributed by atoms with E-state index >= 15 is 0 Å². The van der Waals surface area contributed by atoms with Gasteiger partial charge in [0.1, 0.15) is 5.76 Å². The summed E-state index contributed by atoms with van der Waals surface area (Å²) in [4.78, 5) is 0. The van der Waals surface area contributed by atoms with Gasteiger partial charge in [0.05, 0.1) is 6.26 Å². The van der Waals surface area contributed by atoms with Crippen molar-refractivity contribution >= 4 is 0 Å². The molecule has 2 atom stereocenters. The van der Waals surface area contributed by atoms with E-state index in [-0.39, 0.29) is 0 Å². The van der Waals surface area contributed by atoms with Gasteiger partial charge in [0.25, 0.3) is 0 Å². The van der Waals surface area contributed by atoms with Crippen molar-refractivity contribution in [2.45, 2.75) is 84.2 Å². The van der Waals surface area contributed by atoms with Crippen LogP contribution in [-0.4, -0.2) is 12.1 Å². The lowest BCUT2D eigenvalue weighted by Gasteiger charge is -2.19. The molecule has 1 aromatic rings. The summed E-state index contributed by atoms with van der Waals surface area (Å²) in [6, 6.07) is 5.22. The Morgan fingerprint density at radius 1 is 1.05 bits per heavy atom. The molecular weight excluding hydrogens is 234 g/mol. The van der Waals surface area contributed by atoms with Gasteiger partial charge in [0.2, 0.25) is 0 Å². The molecule has 2 unspecified atom stereocenters. The van der Waals surface area contributed by atoms with Gasteiger partial charge in [-0.05, 0) is 38.8 Å². The van der Waals surface area contributed by atoms with Crippen LogP contribution in [0, 0.1) is 0 Å². The highest BCUT2D eigenvalue weighted by Crippen LogP contribution is 2.09. The molecule has 1 heterocycles. The zero-order chi connectivity index (χ0) is 13.9. The molecule has 110 valence electrons. The first-order valence-corrected chi connectivity index (χ1v) is 8.00. The fourth-order valence-electron chi connectivity index (χ4n) is 2.52. The molecule has 0 spiro atoms. The second-order valence-electron chi connectivity index (χ2n) is 5.79. The molecule has 0 saturated heterocycles. The van der Waals surface area contributed by atoms with Crippen molar-refractivity contribution in [1.29, 1.82) is 0 Å². The van der Waals surface area contributed by atoms with E-state index in [1.807, 2.05) is 6.07 Å². The lowest BCUT2D eigenvalue weighted by Crippen LogP contribution is -2.34. The smallest absolute Gasteiger partial charge is 0.103 e. The molecule has 1 aromatic heterocycles. The zero-order valence-corrected chi connectivity index (χ0v) is 13.0. The maximum absolute atomic E-state index is 5.36. The van der Waals surface area contributed by atoms with E-state index in [2.05, 4.69) is 32.2 Å². The molecule has 1 rings (SSSR count). The lowest BCUT2D eigenvalue weighted by atomic mass is 10.1. The van der Waals surface area contributed by atoms with Crippen LogP contribution < -0.4 is 5.32 Å². The average Bonchev–Trinajstić information content (AvgIpc) is 2.89. The number of furan rings is 1. The summed E-state index contributed by atoms with van der Waals surface area (Å²) < 4.78 is 5.36. The van der Waals surface area contributed by atoms with Crippen molar-refractivity contribution in [3.05, 3.63) is 24.2 Å². The van der Waals surface area contributed by atoms with Gasteiger partial charge in [0, 0.05) is 18.5 Å². The van der Waals surface area contributed by atoms with Gasteiger partial charge in [-0.2, -0.15) is 0 Å². The molecule has 0 bridgehead atoms. The van der Waals surface area contributed by atoms with Crippen LogP contribution >= 0.6 is 0 Å². The monoisotopic (exact) mass is 265 g/mol. The van der Waals surface area contributed by atoms with E-state index in [9.17, 15) is 0 Å². The minimum atomic E-state index is 0.566. The molecule has 0 fully saturated rings. The predicted octanol–water partition coefficient (Wildman–Crippen LogP) is 4.94. The Hall–Kier alpha value is -0.760. The van der Waals surface area contributed by atoms with Gasteiger partial charge in [-0.1, -0.05) is 39.0 Å². The van der Waals surface area contributed by atoms with Crippen molar-refractivity contribution in [3.63, 3.8) is 0 Å². The third-order valence-corrected chi connectivity index (χ3v) is 3.71. The first kappa shape index (κ1) is 16.3. The van der Waals surface area contributed by atoms with Crippen LogP contribution in [0.4, 0.5) is 0 Å². The Morgan fingerprint density at radius 3 is 2.47 bits per heavy atom. The SMILES string of the molecule is CCCCCCCC(C)NC(C)CCc1ccco1. The maximum Gasteiger partial charge on any atom is 0.103 e. The topological polar surface area (TPSA) is 25.2 Å². The highest BCUT2D eigenvalue weighted by atomic mass is 16.3. The lowest BCUT2D eigenvalue weighted by molar-refractivity contribution is 0.402. The van der Waals surface area contributed by atoms with E-state index < -0.39 is 0 Å². The summed E-state index contributed by atoms with van der Waals surface area (Å²) in [5.41, 5.74) is 0. The molecule has 0 saturated carbocycles. The highest BCUT2D eigenvalue weighted by molar-refractivity contribution is 4.98. The summed E-state index contributed by atoms with van der Waals surface area (Å²) in [7, 11) is 0. The van der Waals surface area contributed by atoms with Crippen molar-refractivity contribution in [1.82, 2.24) is 5.32 Å². The van der Waals surface area contributed by atoms with Crippen molar-refractivity contribution in [2.24, 2.45) is 0 Å². The van der Waals surface area contributed by atoms with Crippen LogP contribution in [0.15, 0.2) is 22.8 Å². The summed E-state index contributed by atoms with van der Waals surface area (Å²) in [6.07, 6.45) is 12.1. The summed E-state index contributed by atoms with van der Waals surface area (Å²) in [6.45, 7) is 6.85. The molecule has 0 amide bonds. The molecule has 0 aromatic carbocycles. The van der Waals surface area contributed by atoms with Gasteiger partial charge in [0.15, 0.2) is 0 Å². The average molecular weight is 265 g/mol. The van der Waals surface area contributed by atoms with Gasteiger partial charge in [-0.15, -0.1) is 0 Å². The molecule has 0 aliphatic carbocycles. The van der Waals surface area contributed by atoms with E-state index in [0.717, 1.165) is 18.6 Å². The van der Waals surface area contributed by atoms with Crippen molar-refractivity contribution in [3.8, 4) is 0 Å². The fourth-order valence-corrected chi connectivity index (χ4v) is 2.52. The summed E-state index contributed by atoms with van der Waals surface area (Å²) in [5.74, 6) is 1.10. The Morgan fingerprint density at radius 2 is 1.79 bits per heavy atom. The molecular formula is C17H31NO. The number of hydrogen-bond donors (Lipinski definition) is 1. The number of unbranched alkanes of at least 4 members (excludes halogenated alkanes) is 4. The van der Waals surface area contributed by atoms with Gasteiger partial charge in [-0.25, -0.2) is 0 Å². The number of rotatable bonds is 11. The molecule has 2 heteroatoms. The standard InChI is InChI=1S/C17H31NO/c1-4-5-6-7-8-10-15(2)18-16(3)12-13-17-11-9-14-19-17/h9,11,14-16,18H,4-8,10,12-13H2,1-3H3. The Bertz CT molecular complexity index is 294. The third kappa shape index (κ3) is 8.10. The number of nitrogens with one attached hydrogen (secondary N) is 1. The maximum atomic E-state index is 5.36. The van der Waals surface area contributed by atoms with E-state index in [1.54, 1.807) is 6.26 Å². The van der Waals surface area contributed by atoms with Gasteiger partial charge in [-0.3, -0.25) is 0 Å². The van der Waals surface area contributed by atoms with Crippen LogP contribution in [0.1, 0.15) is 71.5 Å². The second kappa shape index (κ2) is 10.1. The molecule has 19 heavy (non-hydrogen) atoms. The summed E-state index contributed by atoms with van der Waals surface area (Å²) in [5, 5.41) is 3.69. The molecule has 2 nitrogen and oxygen atoms in total. The summed E-state index contributed by atoms with van der Waals surface area (Å²) >= 11 is 0. The number of aryl methyl sites for hydroxylation is 1. The van der Waals surface area contributed by atoms with Crippen molar-refractivity contribution in [2.75, 3.05) is 0 Å². The van der Waals surface area contributed by atoms with Crippen LogP contribution in [0.3, 0.4) is 0 Å².